The molecule has 4 rings (SSSR count). The van der Waals surface area contributed by atoms with Crippen molar-refractivity contribution in [1.82, 2.24) is 0 Å². The zero-order valence-corrected chi connectivity index (χ0v) is 12.0. The first-order chi connectivity index (χ1) is 9.97. The zero-order valence-electron chi connectivity index (χ0n) is 12.0. The molecule has 4 atom stereocenters. The number of benzene rings is 1. The maximum absolute atomic E-state index is 11.4. The Kier molecular flexibility index (Phi) is 2.50. The summed E-state index contributed by atoms with van der Waals surface area (Å²) in [6, 6.07) is 6.44. The van der Waals surface area contributed by atoms with Gasteiger partial charge in [0.15, 0.2) is 0 Å². The van der Waals surface area contributed by atoms with Gasteiger partial charge in [0.25, 0.3) is 0 Å². The van der Waals surface area contributed by atoms with Gasteiger partial charge in [-0.3, -0.25) is 4.79 Å². The Balaban J connectivity index is 1.91. The summed E-state index contributed by atoms with van der Waals surface area (Å²) in [7, 11) is 1.95. The average Bonchev–Trinajstić information content (AvgIpc) is 2.84. The Morgan fingerprint density at radius 1 is 1.48 bits per heavy atom. The molecule has 0 spiro atoms. The molecule has 0 fully saturated rings. The van der Waals surface area contributed by atoms with Crippen LogP contribution in [0, 0.1) is 5.92 Å². The second-order valence-corrected chi connectivity index (χ2v) is 6.69. The lowest BCUT2D eigenvalue weighted by molar-refractivity contribution is -0.940. The van der Waals surface area contributed by atoms with Gasteiger partial charge in [0.1, 0.15) is 18.5 Å². The van der Waals surface area contributed by atoms with Crippen LogP contribution in [0.2, 0.25) is 0 Å². The minimum Gasteiger partial charge on any atom is -0.481 e. The van der Waals surface area contributed by atoms with Gasteiger partial charge in [0.2, 0.25) is 0 Å². The third-order valence-corrected chi connectivity index (χ3v) is 5.23. The van der Waals surface area contributed by atoms with Crippen molar-refractivity contribution in [1.29, 1.82) is 0 Å². The molecule has 1 aromatic rings. The van der Waals surface area contributed by atoms with Crippen LogP contribution in [-0.2, 0) is 4.79 Å². The van der Waals surface area contributed by atoms with Gasteiger partial charge in [-0.25, -0.2) is 4.59 Å². The van der Waals surface area contributed by atoms with Gasteiger partial charge in [-0.15, -0.1) is 0 Å². The number of anilines is 1. The molecule has 1 aliphatic carbocycles. The van der Waals surface area contributed by atoms with E-state index in [-0.39, 0.29) is 10.6 Å². The summed E-state index contributed by atoms with van der Waals surface area (Å²) >= 11 is 0. The molecule has 2 heterocycles. The van der Waals surface area contributed by atoms with Gasteiger partial charge >= 0.3 is 5.97 Å². The number of likely N-dealkylation sites (N-methyl/N-ethyl adjacent to an activating group) is 1. The van der Waals surface area contributed by atoms with Crippen LogP contribution in [0.1, 0.15) is 23.5 Å². The predicted octanol–water partition coefficient (Wildman–Crippen LogP) is 1.39. The highest BCUT2D eigenvalue weighted by atomic mass is 16.4. The van der Waals surface area contributed by atoms with E-state index in [1.54, 1.807) is 0 Å². The first kappa shape index (κ1) is 12.9. The van der Waals surface area contributed by atoms with Gasteiger partial charge < -0.3 is 10.4 Å². The largest absolute Gasteiger partial charge is 0.481 e. The highest BCUT2D eigenvalue weighted by Crippen LogP contribution is 2.49. The first-order valence-electron chi connectivity index (χ1n) is 7.43. The fourth-order valence-corrected chi connectivity index (χ4v) is 4.25. The standard InChI is InChI=1S/C16H19N3O2/c1-19(17)8-10(16(20)21)5-12-11-3-2-4-13-15(11)9(7-18-13)6-14(12)19/h2-5,9-10,14,18H,6-8,17H2,1H3/p+1/t9?,10-,14-,19?/m1/s1. The van der Waals surface area contributed by atoms with Gasteiger partial charge in [-0.05, 0) is 17.2 Å². The molecule has 2 aliphatic heterocycles. The van der Waals surface area contributed by atoms with Crippen molar-refractivity contribution in [2.45, 2.75) is 18.4 Å². The van der Waals surface area contributed by atoms with Gasteiger partial charge in [-0.1, -0.05) is 18.2 Å². The number of hydrogen-bond acceptors (Lipinski definition) is 3. The Labute approximate surface area is 123 Å². The van der Waals surface area contributed by atoms with Crippen LogP contribution in [0.25, 0.3) is 5.57 Å². The van der Waals surface area contributed by atoms with Crippen LogP contribution in [0.15, 0.2) is 24.3 Å². The molecule has 0 saturated heterocycles. The highest BCUT2D eigenvalue weighted by Gasteiger charge is 2.48. The molecule has 4 N–H and O–H groups in total. The number of hydrogen-bond donors (Lipinski definition) is 3. The molecule has 5 nitrogen and oxygen atoms in total. The SMILES string of the molecule is C[N+]1(N)C[C@H](C(=O)O)C=C2c3cccc4c3C(CN4)C[C@H]21. The van der Waals surface area contributed by atoms with Crippen molar-refractivity contribution in [2.75, 3.05) is 25.5 Å². The van der Waals surface area contributed by atoms with Crippen LogP contribution < -0.4 is 11.2 Å². The van der Waals surface area contributed by atoms with E-state index in [1.807, 2.05) is 19.2 Å². The van der Waals surface area contributed by atoms with Gasteiger partial charge in [0.05, 0.1) is 7.05 Å². The molecule has 0 bridgehead atoms. The lowest BCUT2D eigenvalue weighted by Crippen LogP contribution is -2.63. The molecule has 0 aromatic heterocycles. The summed E-state index contributed by atoms with van der Waals surface area (Å²) in [5.74, 6) is 5.66. The second kappa shape index (κ2) is 4.08. The molecule has 1 aromatic carbocycles. The van der Waals surface area contributed by atoms with Crippen LogP contribution in [0.5, 0.6) is 0 Å². The first-order valence-corrected chi connectivity index (χ1v) is 7.43. The molecular weight excluding hydrogens is 266 g/mol. The Bertz CT molecular complexity index is 665. The van der Waals surface area contributed by atoms with Crippen LogP contribution in [0.3, 0.4) is 0 Å². The van der Waals surface area contributed by atoms with Crippen LogP contribution >= 0.6 is 0 Å². The number of fused-ring (bicyclic) bond motifs is 2. The topological polar surface area (TPSA) is 75.4 Å². The lowest BCUT2D eigenvalue weighted by atomic mass is 9.74. The maximum Gasteiger partial charge on any atom is 0.316 e. The summed E-state index contributed by atoms with van der Waals surface area (Å²) in [5, 5.41) is 12.9. The maximum atomic E-state index is 11.4. The number of carbonyl (C=O) groups is 1. The number of carboxylic acids is 1. The number of nitrogens with one attached hydrogen (secondary N) is 1. The highest BCUT2D eigenvalue weighted by molar-refractivity contribution is 5.84. The van der Waals surface area contributed by atoms with E-state index in [0.29, 0.717) is 12.5 Å². The minimum absolute atomic E-state index is 0.188. The van der Waals surface area contributed by atoms with Crippen LogP contribution in [-0.4, -0.2) is 41.8 Å². The third-order valence-electron chi connectivity index (χ3n) is 5.23. The van der Waals surface area contributed by atoms with E-state index < -0.39 is 11.9 Å². The number of aliphatic carboxylic acids is 1. The predicted molar refractivity (Wildman–Crippen MR) is 80.4 cm³/mol. The summed E-state index contributed by atoms with van der Waals surface area (Å²) in [5.41, 5.74) is 4.86. The molecule has 3 aliphatic rings. The molecule has 0 amide bonds. The molecule has 110 valence electrons. The minimum atomic E-state index is -0.788. The normalized spacial score (nSPS) is 36.3. The van der Waals surface area contributed by atoms with Crippen LogP contribution in [0.4, 0.5) is 5.69 Å². The molecule has 2 unspecified atom stereocenters. The summed E-state index contributed by atoms with van der Waals surface area (Å²) in [6.07, 6.45) is 2.92. The van der Waals surface area contributed by atoms with Crippen molar-refractivity contribution < 1.29 is 14.5 Å². The summed E-state index contributed by atoms with van der Waals surface area (Å²) in [4.78, 5) is 11.4. The molecule has 21 heavy (non-hydrogen) atoms. The molecule has 5 heteroatoms. The number of carboxylic acid groups (broad SMARTS) is 1. The molecular formula is C16H20N3O2+. The lowest BCUT2D eigenvalue weighted by Gasteiger charge is -2.45. The Morgan fingerprint density at radius 3 is 3.05 bits per heavy atom. The van der Waals surface area contributed by atoms with Gasteiger partial charge in [-0.2, -0.15) is 5.84 Å². The molecule has 0 saturated carbocycles. The second-order valence-electron chi connectivity index (χ2n) is 6.69. The smallest absolute Gasteiger partial charge is 0.316 e. The third kappa shape index (κ3) is 1.74. The van der Waals surface area contributed by atoms with E-state index in [9.17, 15) is 9.90 Å². The van der Waals surface area contributed by atoms with Crippen molar-refractivity contribution in [3.8, 4) is 0 Å². The number of rotatable bonds is 1. The van der Waals surface area contributed by atoms with Crippen molar-refractivity contribution >= 4 is 17.2 Å². The monoisotopic (exact) mass is 286 g/mol. The quantitative estimate of drug-likeness (QED) is 0.538. The fraction of sp³-hybridized carbons (Fsp3) is 0.438. The summed E-state index contributed by atoms with van der Waals surface area (Å²) in [6.45, 7) is 1.41. The zero-order chi connectivity index (χ0) is 14.8. The van der Waals surface area contributed by atoms with E-state index in [1.165, 1.54) is 16.8 Å². The van der Waals surface area contributed by atoms with E-state index in [4.69, 9.17) is 5.84 Å². The van der Waals surface area contributed by atoms with Crippen molar-refractivity contribution in [2.24, 2.45) is 11.8 Å². The van der Waals surface area contributed by atoms with Gasteiger partial charge in [0, 0.05) is 30.1 Å². The molecule has 0 radical (unpaired) electrons. The number of nitrogens with zero attached hydrogens (tertiary/aromatic N) is 1. The van der Waals surface area contributed by atoms with E-state index in [2.05, 4.69) is 17.4 Å². The van der Waals surface area contributed by atoms with E-state index >= 15 is 0 Å². The van der Waals surface area contributed by atoms with Crippen molar-refractivity contribution in [3.63, 3.8) is 0 Å². The Morgan fingerprint density at radius 2 is 2.29 bits per heavy atom. The van der Waals surface area contributed by atoms with Crippen molar-refractivity contribution in [3.05, 3.63) is 35.4 Å². The number of quaternary nitrogens is 1. The average molecular weight is 286 g/mol. The fourth-order valence-electron chi connectivity index (χ4n) is 4.25. The summed E-state index contributed by atoms with van der Waals surface area (Å²) < 4.78 is 0.267. The Hall–Kier alpha value is -1.85. The number of nitrogens with two attached hydrogens (primary N) is 1. The van der Waals surface area contributed by atoms with E-state index in [0.717, 1.165) is 18.5 Å².